The highest BCUT2D eigenvalue weighted by molar-refractivity contribution is 5.66. The molecule has 3 N–H and O–H groups in total. The fourth-order valence-corrected chi connectivity index (χ4v) is 4.01. The van der Waals surface area contributed by atoms with Crippen LogP contribution in [0.25, 0.3) is 0 Å². The van der Waals surface area contributed by atoms with Crippen LogP contribution in [0.4, 0.5) is 11.5 Å². The minimum Gasteiger partial charge on any atom is -0.483 e. The molecule has 0 amide bonds. The van der Waals surface area contributed by atoms with E-state index >= 15 is 0 Å². The van der Waals surface area contributed by atoms with E-state index in [1.54, 1.807) is 0 Å². The quantitative estimate of drug-likeness (QED) is 0.806. The van der Waals surface area contributed by atoms with Crippen LogP contribution in [-0.2, 0) is 6.42 Å². The van der Waals surface area contributed by atoms with Crippen molar-refractivity contribution in [1.82, 2.24) is 4.98 Å². The van der Waals surface area contributed by atoms with Crippen molar-refractivity contribution in [1.29, 1.82) is 0 Å². The smallest absolute Gasteiger partial charge is 0.173 e. The van der Waals surface area contributed by atoms with Gasteiger partial charge in [-0.1, -0.05) is 39.0 Å². The summed E-state index contributed by atoms with van der Waals surface area (Å²) in [5.41, 5.74) is 9.86. The first-order chi connectivity index (χ1) is 12.3. The van der Waals surface area contributed by atoms with Gasteiger partial charge in [0.1, 0.15) is 5.60 Å². The van der Waals surface area contributed by atoms with E-state index in [9.17, 15) is 0 Å². The number of benzene rings is 1. The SMILES string of the molecule is CC(C)(C)Cc1cc2c(c(Nc3ccccc3)n1)OC1(CCC1)CC2N. The lowest BCUT2D eigenvalue weighted by Crippen LogP contribution is -2.48. The zero-order valence-electron chi connectivity index (χ0n) is 16.0. The fourth-order valence-electron chi connectivity index (χ4n) is 4.01. The van der Waals surface area contributed by atoms with E-state index in [0.717, 1.165) is 54.2 Å². The Kier molecular flexibility index (Phi) is 4.19. The van der Waals surface area contributed by atoms with Crippen molar-refractivity contribution < 1.29 is 4.74 Å². The molecule has 0 bridgehead atoms. The van der Waals surface area contributed by atoms with Crippen LogP contribution in [-0.4, -0.2) is 10.6 Å². The van der Waals surface area contributed by atoms with E-state index < -0.39 is 0 Å². The molecule has 1 aliphatic heterocycles. The Hall–Kier alpha value is -2.07. The number of ether oxygens (including phenoxy) is 1. The lowest BCUT2D eigenvalue weighted by molar-refractivity contribution is -0.0326. The summed E-state index contributed by atoms with van der Waals surface area (Å²) < 4.78 is 6.51. The number of hydrogen-bond acceptors (Lipinski definition) is 4. The number of hydrogen-bond donors (Lipinski definition) is 2. The summed E-state index contributed by atoms with van der Waals surface area (Å²) in [6.45, 7) is 6.70. The number of fused-ring (bicyclic) bond motifs is 1. The molecule has 4 heteroatoms. The molecule has 0 saturated heterocycles. The Morgan fingerprint density at radius 3 is 2.58 bits per heavy atom. The molecule has 0 radical (unpaired) electrons. The molecule has 2 heterocycles. The van der Waals surface area contributed by atoms with Gasteiger partial charge in [-0.25, -0.2) is 4.98 Å². The van der Waals surface area contributed by atoms with Crippen molar-refractivity contribution in [3.8, 4) is 5.75 Å². The van der Waals surface area contributed by atoms with Crippen molar-refractivity contribution in [3.05, 3.63) is 47.7 Å². The zero-order chi connectivity index (χ0) is 18.4. The number of rotatable bonds is 3. The van der Waals surface area contributed by atoms with Gasteiger partial charge >= 0.3 is 0 Å². The second-order valence-corrected chi connectivity index (χ2v) is 9.06. The maximum absolute atomic E-state index is 6.59. The summed E-state index contributed by atoms with van der Waals surface area (Å²) in [6, 6.07) is 12.3. The Morgan fingerprint density at radius 1 is 1.23 bits per heavy atom. The van der Waals surface area contributed by atoms with Crippen molar-refractivity contribution in [2.45, 2.75) is 64.5 Å². The first-order valence-electron chi connectivity index (χ1n) is 9.64. The normalized spacial score (nSPS) is 20.8. The van der Waals surface area contributed by atoms with Gasteiger partial charge in [-0.15, -0.1) is 0 Å². The molecule has 1 aromatic carbocycles. The average molecular weight is 351 g/mol. The van der Waals surface area contributed by atoms with Crippen molar-refractivity contribution >= 4 is 11.5 Å². The van der Waals surface area contributed by atoms with Crippen molar-refractivity contribution in [2.75, 3.05) is 5.32 Å². The molecular formula is C22H29N3O. The van der Waals surface area contributed by atoms with Crippen molar-refractivity contribution in [2.24, 2.45) is 11.1 Å². The van der Waals surface area contributed by atoms with Crippen LogP contribution in [0.15, 0.2) is 36.4 Å². The third-order valence-electron chi connectivity index (χ3n) is 5.38. The number of pyridine rings is 1. The molecule has 4 nitrogen and oxygen atoms in total. The van der Waals surface area contributed by atoms with Gasteiger partial charge in [-0.2, -0.15) is 0 Å². The highest BCUT2D eigenvalue weighted by Gasteiger charge is 2.45. The first kappa shape index (κ1) is 17.3. The second-order valence-electron chi connectivity index (χ2n) is 9.06. The molecule has 1 aliphatic carbocycles. The van der Waals surface area contributed by atoms with Gasteiger partial charge in [0.2, 0.25) is 0 Å². The molecule has 1 aromatic heterocycles. The highest BCUT2D eigenvalue weighted by Crippen LogP contribution is 2.50. The largest absolute Gasteiger partial charge is 0.483 e. The van der Waals surface area contributed by atoms with Crippen LogP contribution in [0.5, 0.6) is 5.75 Å². The predicted octanol–water partition coefficient (Wildman–Crippen LogP) is 5.12. The molecule has 1 spiro atoms. The van der Waals surface area contributed by atoms with E-state index in [2.05, 4.69) is 32.2 Å². The number of aromatic nitrogens is 1. The molecule has 2 aliphatic rings. The summed E-state index contributed by atoms with van der Waals surface area (Å²) >= 11 is 0. The molecule has 1 saturated carbocycles. The van der Waals surface area contributed by atoms with E-state index in [-0.39, 0.29) is 17.1 Å². The van der Waals surface area contributed by atoms with Gasteiger partial charge in [0.25, 0.3) is 0 Å². The predicted molar refractivity (Wildman–Crippen MR) is 106 cm³/mol. The number of para-hydroxylation sites is 1. The van der Waals surface area contributed by atoms with Gasteiger partial charge in [-0.3, -0.25) is 0 Å². The van der Waals surface area contributed by atoms with E-state index in [1.165, 1.54) is 6.42 Å². The highest BCUT2D eigenvalue weighted by atomic mass is 16.5. The minimum absolute atomic E-state index is 0.0112. The number of nitrogens with one attached hydrogen (secondary N) is 1. The monoisotopic (exact) mass is 351 g/mol. The third-order valence-corrected chi connectivity index (χ3v) is 5.38. The van der Waals surface area contributed by atoms with Crippen LogP contribution < -0.4 is 15.8 Å². The maximum atomic E-state index is 6.59. The van der Waals surface area contributed by atoms with Crippen LogP contribution >= 0.6 is 0 Å². The van der Waals surface area contributed by atoms with E-state index in [0.29, 0.717) is 0 Å². The topological polar surface area (TPSA) is 60.2 Å². The van der Waals surface area contributed by atoms with Crippen LogP contribution in [0.2, 0.25) is 0 Å². The van der Waals surface area contributed by atoms with Gasteiger partial charge in [0.05, 0.1) is 0 Å². The van der Waals surface area contributed by atoms with Gasteiger partial charge in [0, 0.05) is 29.4 Å². The Bertz CT molecular complexity index is 791. The van der Waals surface area contributed by atoms with Crippen LogP contribution in [0, 0.1) is 5.41 Å². The Balaban J connectivity index is 1.76. The third kappa shape index (κ3) is 3.43. The molecule has 26 heavy (non-hydrogen) atoms. The van der Waals surface area contributed by atoms with Gasteiger partial charge in [0.15, 0.2) is 11.6 Å². The van der Waals surface area contributed by atoms with Gasteiger partial charge in [-0.05, 0) is 49.3 Å². The first-order valence-corrected chi connectivity index (χ1v) is 9.64. The van der Waals surface area contributed by atoms with Crippen LogP contribution in [0.1, 0.15) is 63.8 Å². The minimum atomic E-state index is -0.0766. The van der Waals surface area contributed by atoms with Crippen molar-refractivity contribution in [3.63, 3.8) is 0 Å². The molecule has 1 fully saturated rings. The number of nitrogens with zero attached hydrogens (tertiary/aromatic N) is 1. The summed E-state index contributed by atoms with van der Waals surface area (Å²) in [4.78, 5) is 4.93. The molecular weight excluding hydrogens is 322 g/mol. The second kappa shape index (κ2) is 6.27. The summed E-state index contributed by atoms with van der Waals surface area (Å²) in [6.07, 6.45) is 5.22. The summed E-state index contributed by atoms with van der Waals surface area (Å²) in [7, 11) is 0. The average Bonchev–Trinajstić information content (AvgIpc) is 2.53. The fraction of sp³-hybridized carbons (Fsp3) is 0.500. The summed E-state index contributed by atoms with van der Waals surface area (Å²) in [5.74, 6) is 1.65. The number of nitrogens with two attached hydrogens (primary N) is 1. The van der Waals surface area contributed by atoms with E-state index in [1.807, 2.05) is 30.3 Å². The van der Waals surface area contributed by atoms with Crippen LogP contribution in [0.3, 0.4) is 0 Å². The lowest BCUT2D eigenvalue weighted by atomic mass is 9.73. The molecule has 1 unspecified atom stereocenters. The lowest BCUT2D eigenvalue weighted by Gasteiger charge is -2.47. The number of anilines is 2. The Labute approximate surface area is 156 Å². The van der Waals surface area contributed by atoms with E-state index in [4.69, 9.17) is 15.5 Å². The maximum Gasteiger partial charge on any atom is 0.173 e. The molecule has 4 rings (SSSR count). The van der Waals surface area contributed by atoms with Gasteiger partial charge < -0.3 is 15.8 Å². The Morgan fingerprint density at radius 2 is 1.96 bits per heavy atom. The molecule has 2 aromatic rings. The molecule has 138 valence electrons. The standard InChI is InChI=1S/C22H29N3O/c1-21(2,3)13-16-12-17-18(23)14-22(10-7-11-22)26-19(17)20(25-16)24-15-8-5-4-6-9-15/h4-6,8-9,12,18H,7,10-11,13-14,23H2,1-3H3,(H,24,25). The zero-order valence-corrected chi connectivity index (χ0v) is 16.0. The molecule has 1 atom stereocenters. The summed E-state index contributed by atoms with van der Waals surface area (Å²) in [5, 5.41) is 3.47.